The van der Waals surface area contributed by atoms with Crippen LogP contribution in [0.5, 0.6) is 0 Å². The Kier molecular flexibility index (Phi) is 4.68. The number of carbonyl (C=O) groups is 1. The van der Waals surface area contributed by atoms with Crippen molar-refractivity contribution in [2.75, 3.05) is 5.75 Å². The molecule has 0 radical (unpaired) electrons. The normalized spacial score (nSPS) is 16.7. The van der Waals surface area contributed by atoms with Crippen LogP contribution in [0.2, 0.25) is 0 Å². The maximum Gasteiger partial charge on any atom is 0.407 e. The SMILES string of the molecule is Cc1ccc2c(c1)[C@@H](NC(=O)OCc1ccccc1)CCS2. The number of rotatable bonds is 3. The lowest BCUT2D eigenvalue weighted by Gasteiger charge is -2.26. The van der Waals surface area contributed by atoms with Gasteiger partial charge in [0, 0.05) is 10.6 Å². The Hall–Kier alpha value is -1.94. The van der Waals surface area contributed by atoms with Gasteiger partial charge in [0.05, 0.1) is 6.04 Å². The van der Waals surface area contributed by atoms with Crippen LogP contribution in [0.15, 0.2) is 53.4 Å². The maximum absolute atomic E-state index is 12.0. The molecule has 114 valence electrons. The predicted octanol–water partition coefficient (Wildman–Crippen LogP) is 4.46. The summed E-state index contributed by atoms with van der Waals surface area (Å²) in [7, 11) is 0. The van der Waals surface area contributed by atoms with Crippen LogP contribution in [-0.2, 0) is 11.3 Å². The zero-order chi connectivity index (χ0) is 15.4. The summed E-state index contributed by atoms with van der Waals surface area (Å²) < 4.78 is 5.32. The molecule has 0 aromatic heterocycles. The molecular formula is C18H19NO2S. The van der Waals surface area contributed by atoms with E-state index in [1.54, 1.807) is 0 Å². The number of benzene rings is 2. The minimum absolute atomic E-state index is 0.0411. The molecule has 1 aliphatic heterocycles. The topological polar surface area (TPSA) is 38.3 Å². The fraction of sp³-hybridized carbons (Fsp3) is 0.278. The number of alkyl carbamates (subject to hydrolysis) is 1. The minimum atomic E-state index is -0.354. The summed E-state index contributed by atoms with van der Waals surface area (Å²) in [6.45, 7) is 2.37. The molecule has 2 aromatic rings. The monoisotopic (exact) mass is 313 g/mol. The van der Waals surface area contributed by atoms with Crippen LogP contribution < -0.4 is 5.32 Å². The first kappa shape index (κ1) is 15.0. The zero-order valence-corrected chi connectivity index (χ0v) is 13.4. The number of carbonyl (C=O) groups excluding carboxylic acids is 1. The first-order valence-electron chi connectivity index (χ1n) is 7.43. The van der Waals surface area contributed by atoms with E-state index in [2.05, 4.69) is 30.4 Å². The smallest absolute Gasteiger partial charge is 0.407 e. The van der Waals surface area contributed by atoms with Crippen molar-refractivity contribution in [2.24, 2.45) is 0 Å². The molecule has 0 spiro atoms. The summed E-state index contributed by atoms with van der Waals surface area (Å²) in [6.07, 6.45) is 0.579. The largest absolute Gasteiger partial charge is 0.445 e. The molecular weight excluding hydrogens is 294 g/mol. The highest BCUT2D eigenvalue weighted by molar-refractivity contribution is 7.99. The van der Waals surface area contributed by atoms with E-state index in [-0.39, 0.29) is 12.1 Å². The van der Waals surface area contributed by atoms with Crippen LogP contribution in [-0.4, -0.2) is 11.8 Å². The lowest BCUT2D eigenvalue weighted by molar-refractivity contribution is 0.135. The number of fused-ring (bicyclic) bond motifs is 1. The molecule has 1 N–H and O–H groups in total. The van der Waals surface area contributed by atoms with E-state index >= 15 is 0 Å². The Bertz CT molecular complexity index is 657. The molecule has 0 unspecified atom stereocenters. The third-order valence-corrected chi connectivity index (χ3v) is 4.83. The minimum Gasteiger partial charge on any atom is -0.445 e. The Labute approximate surface area is 135 Å². The third-order valence-electron chi connectivity index (χ3n) is 3.71. The molecule has 0 saturated carbocycles. The summed E-state index contributed by atoms with van der Waals surface area (Å²) in [5.74, 6) is 1.01. The zero-order valence-electron chi connectivity index (χ0n) is 12.5. The number of hydrogen-bond donors (Lipinski definition) is 1. The summed E-state index contributed by atoms with van der Waals surface area (Å²) >= 11 is 1.85. The Balaban J connectivity index is 1.62. The first-order valence-corrected chi connectivity index (χ1v) is 8.41. The van der Waals surface area contributed by atoms with Crippen LogP contribution in [0.3, 0.4) is 0 Å². The maximum atomic E-state index is 12.0. The second-order valence-corrected chi connectivity index (χ2v) is 6.57. The fourth-order valence-electron chi connectivity index (χ4n) is 2.57. The van der Waals surface area contributed by atoms with Crippen LogP contribution in [0, 0.1) is 6.92 Å². The van der Waals surface area contributed by atoms with E-state index in [9.17, 15) is 4.79 Å². The van der Waals surface area contributed by atoms with Crippen LogP contribution >= 0.6 is 11.8 Å². The standard InChI is InChI=1S/C18H19NO2S/c1-13-7-8-17-15(11-13)16(9-10-22-17)19-18(20)21-12-14-5-3-2-4-6-14/h2-8,11,16H,9-10,12H2,1H3,(H,19,20)/t16-/m0/s1. The average molecular weight is 313 g/mol. The summed E-state index contributed by atoms with van der Waals surface area (Å²) in [5.41, 5.74) is 3.41. The van der Waals surface area contributed by atoms with E-state index in [1.165, 1.54) is 16.0 Å². The van der Waals surface area contributed by atoms with Crippen LogP contribution in [0.4, 0.5) is 4.79 Å². The van der Waals surface area contributed by atoms with E-state index in [1.807, 2.05) is 42.1 Å². The molecule has 1 amide bonds. The summed E-state index contributed by atoms with van der Waals surface area (Å²) in [5, 5.41) is 3.00. The molecule has 2 aromatic carbocycles. The Morgan fingerprint density at radius 2 is 2.09 bits per heavy atom. The van der Waals surface area contributed by atoms with Gasteiger partial charge in [-0.05, 0) is 30.5 Å². The van der Waals surface area contributed by atoms with Crippen molar-refractivity contribution in [3.05, 3.63) is 65.2 Å². The van der Waals surface area contributed by atoms with Gasteiger partial charge in [-0.15, -0.1) is 11.8 Å². The Morgan fingerprint density at radius 3 is 2.91 bits per heavy atom. The van der Waals surface area contributed by atoms with E-state index < -0.39 is 0 Å². The molecule has 0 fully saturated rings. The van der Waals surface area contributed by atoms with Gasteiger partial charge in [0.2, 0.25) is 0 Å². The molecule has 22 heavy (non-hydrogen) atoms. The number of hydrogen-bond acceptors (Lipinski definition) is 3. The number of aryl methyl sites for hydroxylation is 1. The van der Waals surface area contributed by atoms with Crippen molar-refractivity contribution in [1.29, 1.82) is 0 Å². The summed E-state index contributed by atoms with van der Waals surface area (Å²) in [4.78, 5) is 13.3. The molecule has 4 heteroatoms. The highest BCUT2D eigenvalue weighted by Crippen LogP contribution is 2.36. The number of amides is 1. The van der Waals surface area contributed by atoms with Gasteiger partial charge < -0.3 is 10.1 Å². The van der Waals surface area contributed by atoms with Gasteiger partial charge in [0.25, 0.3) is 0 Å². The average Bonchev–Trinajstić information content (AvgIpc) is 2.54. The highest BCUT2D eigenvalue weighted by Gasteiger charge is 2.22. The van der Waals surface area contributed by atoms with Crippen molar-refractivity contribution in [1.82, 2.24) is 5.32 Å². The van der Waals surface area contributed by atoms with Crippen molar-refractivity contribution in [2.45, 2.75) is 30.9 Å². The van der Waals surface area contributed by atoms with E-state index in [4.69, 9.17) is 4.74 Å². The fourth-order valence-corrected chi connectivity index (χ4v) is 3.68. The van der Waals surface area contributed by atoms with Gasteiger partial charge in [-0.2, -0.15) is 0 Å². The molecule has 1 atom stereocenters. The predicted molar refractivity (Wildman–Crippen MR) is 89.0 cm³/mol. The quantitative estimate of drug-likeness (QED) is 0.909. The summed E-state index contributed by atoms with van der Waals surface area (Å²) in [6, 6.07) is 16.2. The highest BCUT2D eigenvalue weighted by atomic mass is 32.2. The van der Waals surface area contributed by atoms with Gasteiger partial charge in [0.1, 0.15) is 6.61 Å². The van der Waals surface area contributed by atoms with Crippen molar-refractivity contribution in [3.63, 3.8) is 0 Å². The second kappa shape index (κ2) is 6.88. The molecule has 0 bridgehead atoms. The van der Waals surface area contributed by atoms with E-state index in [0.717, 1.165) is 17.7 Å². The second-order valence-electron chi connectivity index (χ2n) is 5.44. The molecule has 0 aliphatic carbocycles. The van der Waals surface area contributed by atoms with Crippen molar-refractivity contribution >= 4 is 17.9 Å². The first-order chi connectivity index (χ1) is 10.7. The van der Waals surface area contributed by atoms with Gasteiger partial charge in [-0.25, -0.2) is 4.79 Å². The van der Waals surface area contributed by atoms with E-state index in [0.29, 0.717) is 6.61 Å². The van der Waals surface area contributed by atoms with Crippen LogP contribution in [0.1, 0.15) is 29.2 Å². The number of thioether (sulfide) groups is 1. The molecule has 1 aliphatic rings. The number of nitrogens with one attached hydrogen (secondary N) is 1. The molecule has 1 heterocycles. The third kappa shape index (κ3) is 3.63. The van der Waals surface area contributed by atoms with Gasteiger partial charge in [-0.3, -0.25) is 0 Å². The Morgan fingerprint density at radius 1 is 1.27 bits per heavy atom. The van der Waals surface area contributed by atoms with Gasteiger partial charge in [-0.1, -0.05) is 48.0 Å². The lowest BCUT2D eigenvalue weighted by Crippen LogP contribution is -2.31. The molecule has 3 nitrogen and oxygen atoms in total. The number of ether oxygens (including phenoxy) is 1. The van der Waals surface area contributed by atoms with Crippen molar-refractivity contribution in [3.8, 4) is 0 Å². The molecule has 3 rings (SSSR count). The lowest BCUT2D eigenvalue weighted by atomic mass is 10.0. The van der Waals surface area contributed by atoms with Gasteiger partial charge >= 0.3 is 6.09 Å². The van der Waals surface area contributed by atoms with Crippen molar-refractivity contribution < 1.29 is 9.53 Å². The van der Waals surface area contributed by atoms with Gasteiger partial charge in [0.15, 0.2) is 0 Å². The molecule has 0 saturated heterocycles. The van der Waals surface area contributed by atoms with Crippen LogP contribution in [0.25, 0.3) is 0 Å².